The van der Waals surface area contributed by atoms with Crippen molar-refractivity contribution in [3.63, 3.8) is 0 Å². The molecule has 4 nitrogen and oxygen atoms in total. The molecule has 1 N–H and O–H groups in total. The molecule has 0 spiro atoms. The van der Waals surface area contributed by atoms with Crippen LogP contribution < -0.4 is 9.62 Å². The Morgan fingerprint density at radius 1 is 1.56 bits per heavy atom. The van der Waals surface area contributed by atoms with Crippen LogP contribution in [0.3, 0.4) is 0 Å². The molecule has 1 aromatic heterocycles. The molecule has 88 valence electrons. The Labute approximate surface area is 105 Å². The number of nitrogens with one attached hydrogen (secondary N) is 1. The first-order valence-corrected chi connectivity index (χ1v) is 6.36. The molecular weight excluding hydrogens is 246 g/mol. The van der Waals surface area contributed by atoms with E-state index in [1.807, 2.05) is 13.8 Å². The first-order chi connectivity index (χ1) is 7.69. The Morgan fingerprint density at radius 3 is 2.81 bits per heavy atom. The molecule has 0 aliphatic rings. The lowest BCUT2D eigenvalue weighted by Gasteiger charge is -2.20. The van der Waals surface area contributed by atoms with Crippen molar-refractivity contribution < 1.29 is 4.79 Å². The number of anilines is 1. The number of pyridine rings is 1. The van der Waals surface area contributed by atoms with Crippen LogP contribution in [0.1, 0.15) is 13.8 Å². The van der Waals surface area contributed by atoms with Gasteiger partial charge in [-0.3, -0.25) is 9.62 Å². The zero-order valence-electron chi connectivity index (χ0n) is 9.24. The number of rotatable bonds is 4. The van der Waals surface area contributed by atoms with Crippen LogP contribution in [0.15, 0.2) is 18.3 Å². The molecule has 0 aliphatic heterocycles. The van der Waals surface area contributed by atoms with E-state index < -0.39 is 0 Å². The van der Waals surface area contributed by atoms with E-state index in [0.29, 0.717) is 11.7 Å². The molecule has 1 rings (SSSR count). The maximum atomic E-state index is 11.8. The van der Waals surface area contributed by atoms with E-state index in [1.54, 1.807) is 23.2 Å². The standard InChI is InChI=1S/C10H14ClN3OS/c1-3-14(10(15)13-16-4-2)8-5-6-9(11)12-7-8/h5-7H,3-4H2,1-2H3,(H,13,15). The highest BCUT2D eigenvalue weighted by molar-refractivity contribution is 7.97. The summed E-state index contributed by atoms with van der Waals surface area (Å²) in [6, 6.07) is 3.30. The molecule has 0 radical (unpaired) electrons. The van der Waals surface area contributed by atoms with Gasteiger partial charge in [0.25, 0.3) is 0 Å². The van der Waals surface area contributed by atoms with Gasteiger partial charge in [0.1, 0.15) is 5.15 Å². The predicted molar refractivity (Wildman–Crippen MR) is 68.9 cm³/mol. The topological polar surface area (TPSA) is 45.2 Å². The number of carbonyl (C=O) groups is 1. The Balaban J connectivity index is 2.73. The van der Waals surface area contributed by atoms with Crippen molar-refractivity contribution in [2.45, 2.75) is 13.8 Å². The molecule has 0 saturated heterocycles. The lowest BCUT2D eigenvalue weighted by Crippen LogP contribution is -2.37. The van der Waals surface area contributed by atoms with Crippen molar-refractivity contribution in [1.29, 1.82) is 0 Å². The summed E-state index contributed by atoms with van der Waals surface area (Å²) in [4.78, 5) is 17.3. The predicted octanol–water partition coefficient (Wildman–Crippen LogP) is 2.94. The van der Waals surface area contributed by atoms with E-state index in [0.717, 1.165) is 11.4 Å². The molecule has 0 unspecified atom stereocenters. The highest BCUT2D eigenvalue weighted by Crippen LogP contribution is 2.15. The van der Waals surface area contributed by atoms with E-state index in [4.69, 9.17) is 11.6 Å². The van der Waals surface area contributed by atoms with Gasteiger partial charge in [0.2, 0.25) is 0 Å². The van der Waals surface area contributed by atoms with Gasteiger partial charge in [-0.15, -0.1) is 0 Å². The van der Waals surface area contributed by atoms with Crippen LogP contribution in [0.2, 0.25) is 5.15 Å². The van der Waals surface area contributed by atoms with Gasteiger partial charge in [0.15, 0.2) is 0 Å². The largest absolute Gasteiger partial charge is 0.331 e. The third-order valence-corrected chi connectivity index (χ3v) is 2.72. The molecular formula is C10H14ClN3OS. The molecule has 6 heteroatoms. The third-order valence-electron chi connectivity index (χ3n) is 1.89. The van der Waals surface area contributed by atoms with Crippen LogP contribution in [-0.2, 0) is 0 Å². The Kier molecular flexibility index (Phi) is 5.42. The molecule has 0 aliphatic carbocycles. The number of hydrogen-bond acceptors (Lipinski definition) is 3. The Hall–Kier alpha value is -0.940. The van der Waals surface area contributed by atoms with Crippen molar-refractivity contribution in [3.05, 3.63) is 23.5 Å². The quantitative estimate of drug-likeness (QED) is 0.668. The van der Waals surface area contributed by atoms with E-state index in [-0.39, 0.29) is 6.03 Å². The Morgan fingerprint density at radius 2 is 2.31 bits per heavy atom. The van der Waals surface area contributed by atoms with Gasteiger partial charge in [0.05, 0.1) is 11.9 Å². The van der Waals surface area contributed by atoms with Crippen LogP contribution in [-0.4, -0.2) is 23.3 Å². The van der Waals surface area contributed by atoms with Gasteiger partial charge >= 0.3 is 6.03 Å². The Bertz CT molecular complexity index is 344. The molecule has 0 aromatic carbocycles. The first kappa shape index (κ1) is 13.1. The van der Waals surface area contributed by atoms with Gasteiger partial charge < -0.3 is 0 Å². The van der Waals surface area contributed by atoms with E-state index in [9.17, 15) is 4.79 Å². The summed E-state index contributed by atoms with van der Waals surface area (Å²) in [6.45, 7) is 4.47. The van der Waals surface area contributed by atoms with Crippen LogP contribution in [0.5, 0.6) is 0 Å². The normalized spacial score (nSPS) is 9.94. The number of nitrogens with zero attached hydrogens (tertiary/aromatic N) is 2. The van der Waals surface area contributed by atoms with E-state index in [1.165, 1.54) is 11.9 Å². The van der Waals surface area contributed by atoms with Crippen LogP contribution in [0, 0.1) is 0 Å². The third kappa shape index (κ3) is 3.57. The van der Waals surface area contributed by atoms with Gasteiger partial charge in [-0.05, 0) is 31.0 Å². The molecule has 0 bridgehead atoms. The number of halogens is 1. The molecule has 2 amide bonds. The number of aromatic nitrogens is 1. The second-order valence-electron chi connectivity index (χ2n) is 2.92. The van der Waals surface area contributed by atoms with Crippen molar-refractivity contribution in [2.75, 3.05) is 17.2 Å². The molecule has 0 saturated carbocycles. The fourth-order valence-electron chi connectivity index (χ4n) is 1.16. The zero-order valence-corrected chi connectivity index (χ0v) is 10.8. The maximum Gasteiger partial charge on any atom is 0.331 e. The molecule has 1 heterocycles. The minimum atomic E-state index is -0.140. The molecule has 0 atom stereocenters. The van der Waals surface area contributed by atoms with E-state index >= 15 is 0 Å². The smallest absolute Gasteiger partial charge is 0.293 e. The molecule has 0 fully saturated rings. The first-order valence-electron chi connectivity index (χ1n) is 4.99. The number of amides is 2. The second kappa shape index (κ2) is 6.60. The lowest BCUT2D eigenvalue weighted by molar-refractivity contribution is 0.252. The lowest BCUT2D eigenvalue weighted by atomic mass is 10.4. The van der Waals surface area contributed by atoms with Crippen LogP contribution in [0.4, 0.5) is 10.5 Å². The summed E-state index contributed by atoms with van der Waals surface area (Å²) < 4.78 is 2.74. The van der Waals surface area contributed by atoms with E-state index in [2.05, 4.69) is 9.71 Å². The van der Waals surface area contributed by atoms with Gasteiger partial charge in [-0.1, -0.05) is 18.5 Å². The fourth-order valence-corrected chi connectivity index (χ4v) is 1.65. The number of urea groups is 1. The summed E-state index contributed by atoms with van der Waals surface area (Å²) in [7, 11) is 0. The van der Waals surface area contributed by atoms with Gasteiger partial charge in [0, 0.05) is 12.3 Å². The average molecular weight is 260 g/mol. The second-order valence-corrected chi connectivity index (χ2v) is 4.38. The molecule has 1 aromatic rings. The summed E-state index contributed by atoms with van der Waals surface area (Å²) in [5, 5.41) is 0.420. The highest BCUT2D eigenvalue weighted by atomic mass is 35.5. The summed E-state index contributed by atoms with van der Waals surface area (Å²) >= 11 is 7.06. The van der Waals surface area contributed by atoms with Gasteiger partial charge in [-0.2, -0.15) is 0 Å². The summed E-state index contributed by atoms with van der Waals surface area (Å²) in [5.41, 5.74) is 0.737. The SMILES string of the molecule is CCSNC(=O)N(CC)c1ccc(Cl)nc1. The van der Waals surface area contributed by atoms with Crippen molar-refractivity contribution in [1.82, 2.24) is 9.71 Å². The van der Waals surface area contributed by atoms with Crippen molar-refractivity contribution in [2.24, 2.45) is 0 Å². The minimum absolute atomic E-state index is 0.140. The zero-order chi connectivity index (χ0) is 12.0. The summed E-state index contributed by atoms with van der Waals surface area (Å²) in [5.74, 6) is 0.835. The average Bonchev–Trinajstić information content (AvgIpc) is 2.30. The van der Waals surface area contributed by atoms with Crippen molar-refractivity contribution in [3.8, 4) is 0 Å². The fraction of sp³-hybridized carbons (Fsp3) is 0.400. The maximum absolute atomic E-state index is 11.8. The van der Waals surface area contributed by atoms with Crippen LogP contribution in [0.25, 0.3) is 0 Å². The monoisotopic (exact) mass is 259 g/mol. The number of carbonyl (C=O) groups excluding carboxylic acids is 1. The summed E-state index contributed by atoms with van der Waals surface area (Å²) in [6.07, 6.45) is 1.59. The van der Waals surface area contributed by atoms with Crippen molar-refractivity contribution >= 4 is 35.3 Å². The van der Waals surface area contributed by atoms with Crippen LogP contribution >= 0.6 is 23.5 Å². The number of hydrogen-bond donors (Lipinski definition) is 1. The highest BCUT2D eigenvalue weighted by Gasteiger charge is 2.13. The molecule has 16 heavy (non-hydrogen) atoms. The minimum Gasteiger partial charge on any atom is -0.293 e. The van der Waals surface area contributed by atoms with Gasteiger partial charge in [-0.25, -0.2) is 9.78 Å².